The molecule has 1 fully saturated rings. The fourth-order valence-electron chi connectivity index (χ4n) is 3.04. The smallest absolute Gasteiger partial charge is 0.248 e. The van der Waals surface area contributed by atoms with Gasteiger partial charge in [0.25, 0.3) is 0 Å². The molecular formula is C20H28N4O2. The van der Waals surface area contributed by atoms with E-state index in [1.165, 1.54) is 0 Å². The Bertz CT molecular complexity index is 763. The average Bonchev–Trinajstić information content (AvgIpc) is 3.08. The van der Waals surface area contributed by atoms with E-state index in [2.05, 4.69) is 48.4 Å². The number of amides is 1. The first-order valence-electron chi connectivity index (χ1n) is 9.30. The number of anilines is 1. The standard InChI is InChI=1S/C20H28N4O2/c1-14(18-22-19(23-26-18)20(2,3)4)21-16-9-7-8-15(12-16)13-24-11-6-5-10-17(24)25/h7-9,12,14,21H,5-6,10-11,13H2,1-4H3/t14-/m1/s1. The molecule has 0 saturated carbocycles. The van der Waals surface area contributed by atoms with Crippen molar-refractivity contribution in [2.75, 3.05) is 11.9 Å². The minimum Gasteiger partial charge on any atom is -0.374 e. The quantitative estimate of drug-likeness (QED) is 0.875. The third-order valence-electron chi connectivity index (χ3n) is 4.59. The number of likely N-dealkylation sites (tertiary alicyclic amines) is 1. The summed E-state index contributed by atoms with van der Waals surface area (Å²) in [6.45, 7) is 9.70. The van der Waals surface area contributed by atoms with Crippen LogP contribution in [0.1, 0.15) is 70.3 Å². The summed E-state index contributed by atoms with van der Waals surface area (Å²) in [5, 5.41) is 7.50. The first kappa shape index (κ1) is 18.4. The molecule has 1 aromatic carbocycles. The van der Waals surface area contributed by atoms with Crippen molar-refractivity contribution in [2.24, 2.45) is 0 Å². The Balaban J connectivity index is 1.66. The number of carbonyl (C=O) groups is 1. The number of nitrogens with one attached hydrogen (secondary N) is 1. The van der Waals surface area contributed by atoms with E-state index in [0.717, 1.165) is 30.6 Å². The molecular weight excluding hydrogens is 328 g/mol. The zero-order valence-corrected chi connectivity index (χ0v) is 16.1. The minimum absolute atomic E-state index is 0.0922. The second-order valence-electron chi connectivity index (χ2n) is 8.05. The molecule has 26 heavy (non-hydrogen) atoms. The van der Waals surface area contributed by atoms with E-state index in [1.807, 2.05) is 24.0 Å². The van der Waals surface area contributed by atoms with Gasteiger partial charge >= 0.3 is 0 Å². The fraction of sp³-hybridized carbons (Fsp3) is 0.550. The van der Waals surface area contributed by atoms with Gasteiger partial charge in [0.2, 0.25) is 11.8 Å². The van der Waals surface area contributed by atoms with Crippen LogP contribution in [0, 0.1) is 0 Å². The molecule has 1 aliphatic heterocycles. The molecule has 0 bridgehead atoms. The third-order valence-corrected chi connectivity index (χ3v) is 4.59. The second kappa shape index (κ2) is 7.48. The number of piperidine rings is 1. The highest BCUT2D eigenvalue weighted by molar-refractivity contribution is 5.76. The molecule has 1 aliphatic rings. The Labute approximate surface area is 155 Å². The van der Waals surface area contributed by atoms with Gasteiger partial charge in [-0.25, -0.2) is 0 Å². The van der Waals surface area contributed by atoms with Gasteiger partial charge in [0.15, 0.2) is 5.82 Å². The van der Waals surface area contributed by atoms with Crippen molar-refractivity contribution < 1.29 is 9.32 Å². The van der Waals surface area contributed by atoms with Crippen LogP contribution in [0.4, 0.5) is 5.69 Å². The molecule has 6 heteroatoms. The van der Waals surface area contributed by atoms with Gasteiger partial charge in [0.1, 0.15) is 6.04 Å². The van der Waals surface area contributed by atoms with E-state index < -0.39 is 0 Å². The molecule has 3 rings (SSSR count). The SMILES string of the molecule is C[C@@H](Nc1cccc(CN2CCCCC2=O)c1)c1nc(C(C)(C)C)no1. The van der Waals surface area contributed by atoms with Crippen LogP contribution in [0.2, 0.25) is 0 Å². The van der Waals surface area contributed by atoms with Crippen molar-refractivity contribution in [3.05, 3.63) is 41.5 Å². The van der Waals surface area contributed by atoms with Crippen molar-refractivity contribution in [1.29, 1.82) is 0 Å². The maximum atomic E-state index is 12.0. The lowest BCUT2D eigenvalue weighted by molar-refractivity contribution is -0.133. The second-order valence-corrected chi connectivity index (χ2v) is 8.05. The summed E-state index contributed by atoms with van der Waals surface area (Å²) in [5.41, 5.74) is 1.97. The van der Waals surface area contributed by atoms with Gasteiger partial charge in [-0.05, 0) is 37.5 Å². The van der Waals surface area contributed by atoms with Crippen molar-refractivity contribution >= 4 is 11.6 Å². The molecule has 6 nitrogen and oxygen atoms in total. The van der Waals surface area contributed by atoms with Gasteiger partial charge in [0.05, 0.1) is 0 Å². The Morgan fingerprint density at radius 2 is 2.12 bits per heavy atom. The van der Waals surface area contributed by atoms with Crippen LogP contribution >= 0.6 is 0 Å². The van der Waals surface area contributed by atoms with Gasteiger partial charge in [0, 0.05) is 30.6 Å². The summed E-state index contributed by atoms with van der Waals surface area (Å²) in [6, 6.07) is 8.07. The third kappa shape index (κ3) is 4.42. The van der Waals surface area contributed by atoms with Crippen LogP contribution in [0.15, 0.2) is 28.8 Å². The van der Waals surface area contributed by atoms with Crippen LogP contribution in [-0.2, 0) is 16.8 Å². The minimum atomic E-state index is -0.137. The van der Waals surface area contributed by atoms with Crippen molar-refractivity contribution in [2.45, 2.75) is 65.0 Å². The van der Waals surface area contributed by atoms with Crippen LogP contribution in [0.5, 0.6) is 0 Å². The summed E-state index contributed by atoms with van der Waals surface area (Å²) in [7, 11) is 0. The van der Waals surface area contributed by atoms with Crippen LogP contribution in [0.3, 0.4) is 0 Å². The number of hydrogen-bond acceptors (Lipinski definition) is 5. The Morgan fingerprint density at radius 1 is 1.31 bits per heavy atom. The molecule has 0 radical (unpaired) electrons. The molecule has 0 spiro atoms. The predicted molar refractivity (Wildman–Crippen MR) is 101 cm³/mol. The maximum absolute atomic E-state index is 12.0. The molecule has 1 saturated heterocycles. The van der Waals surface area contributed by atoms with Gasteiger partial charge in [-0.3, -0.25) is 4.79 Å². The van der Waals surface area contributed by atoms with E-state index in [4.69, 9.17) is 4.52 Å². The van der Waals surface area contributed by atoms with Crippen molar-refractivity contribution in [3.8, 4) is 0 Å². The zero-order valence-electron chi connectivity index (χ0n) is 16.1. The van der Waals surface area contributed by atoms with E-state index in [1.54, 1.807) is 0 Å². The average molecular weight is 356 g/mol. The lowest BCUT2D eigenvalue weighted by Crippen LogP contribution is -2.34. The van der Waals surface area contributed by atoms with Crippen LogP contribution < -0.4 is 5.32 Å². The summed E-state index contributed by atoms with van der Waals surface area (Å²) in [6.07, 6.45) is 2.77. The topological polar surface area (TPSA) is 71.3 Å². The van der Waals surface area contributed by atoms with E-state index >= 15 is 0 Å². The lowest BCUT2D eigenvalue weighted by Gasteiger charge is -2.27. The maximum Gasteiger partial charge on any atom is 0.248 e. The van der Waals surface area contributed by atoms with E-state index in [-0.39, 0.29) is 17.4 Å². The van der Waals surface area contributed by atoms with Crippen molar-refractivity contribution in [1.82, 2.24) is 15.0 Å². The van der Waals surface area contributed by atoms with Gasteiger partial charge in [-0.1, -0.05) is 38.1 Å². The summed E-state index contributed by atoms with van der Waals surface area (Å²) in [5.74, 6) is 1.54. The number of nitrogens with zero attached hydrogens (tertiary/aromatic N) is 3. The number of aromatic nitrogens is 2. The number of carbonyl (C=O) groups excluding carboxylic acids is 1. The van der Waals surface area contributed by atoms with Crippen LogP contribution in [0.25, 0.3) is 0 Å². The Morgan fingerprint density at radius 3 is 2.81 bits per heavy atom. The molecule has 2 heterocycles. The molecule has 0 unspecified atom stereocenters. The normalized spacial score (nSPS) is 16.6. The zero-order chi connectivity index (χ0) is 18.7. The lowest BCUT2D eigenvalue weighted by atomic mass is 9.96. The van der Waals surface area contributed by atoms with Gasteiger partial charge < -0.3 is 14.7 Å². The Hall–Kier alpha value is -2.37. The highest BCUT2D eigenvalue weighted by Gasteiger charge is 2.23. The summed E-state index contributed by atoms with van der Waals surface area (Å²) < 4.78 is 5.41. The number of hydrogen-bond donors (Lipinski definition) is 1. The largest absolute Gasteiger partial charge is 0.374 e. The molecule has 0 aliphatic carbocycles. The molecule has 1 N–H and O–H groups in total. The summed E-state index contributed by atoms with van der Waals surface area (Å²) >= 11 is 0. The molecule has 140 valence electrons. The summed E-state index contributed by atoms with van der Waals surface area (Å²) in [4.78, 5) is 18.5. The highest BCUT2D eigenvalue weighted by Crippen LogP contribution is 2.24. The molecule has 2 aromatic rings. The number of benzene rings is 1. The molecule has 1 atom stereocenters. The predicted octanol–water partition coefficient (Wildman–Crippen LogP) is 4.05. The van der Waals surface area contributed by atoms with Crippen molar-refractivity contribution in [3.63, 3.8) is 0 Å². The molecule has 1 amide bonds. The first-order chi connectivity index (χ1) is 12.3. The first-order valence-corrected chi connectivity index (χ1v) is 9.30. The van der Waals surface area contributed by atoms with Gasteiger partial charge in [-0.15, -0.1) is 0 Å². The molecule has 1 aromatic heterocycles. The number of rotatable bonds is 5. The van der Waals surface area contributed by atoms with Crippen LogP contribution in [-0.4, -0.2) is 27.5 Å². The monoisotopic (exact) mass is 356 g/mol. The van der Waals surface area contributed by atoms with Gasteiger partial charge in [-0.2, -0.15) is 4.98 Å². The van der Waals surface area contributed by atoms with E-state index in [9.17, 15) is 4.79 Å². The van der Waals surface area contributed by atoms with E-state index in [0.29, 0.717) is 24.7 Å². The fourth-order valence-corrected chi connectivity index (χ4v) is 3.04. The highest BCUT2D eigenvalue weighted by atomic mass is 16.5. The Kier molecular flexibility index (Phi) is 5.30.